The molecule has 0 aromatic heterocycles. The minimum Gasteiger partial charge on any atom is -0.492 e. The smallest absolute Gasteiger partial charge is 0.338 e. The van der Waals surface area contributed by atoms with Crippen LogP contribution in [0.25, 0.3) is 17.2 Å². The molecular weight excluding hydrogens is 725 g/mol. The number of nitrogens with zero attached hydrogens (tertiary/aromatic N) is 2. The number of thiocarbonyl (C=S) groups is 1. The number of carbonyl (C=O) groups excluding carboxylic acids is 3. The van der Waals surface area contributed by atoms with Gasteiger partial charge in [0.2, 0.25) is 5.91 Å². The fourth-order valence-corrected chi connectivity index (χ4v) is 6.65. The van der Waals surface area contributed by atoms with Crippen LogP contribution in [0.1, 0.15) is 22.3 Å². The number of benzene rings is 3. The number of ether oxygens (including phenoxy) is 3. The number of hydrogen-bond donors (Lipinski definition) is 3. The Labute approximate surface area is 309 Å². The molecule has 0 saturated carbocycles. The van der Waals surface area contributed by atoms with Crippen LogP contribution in [0.15, 0.2) is 65.6 Å². The topological polar surface area (TPSA) is 138 Å². The molecule has 0 spiro atoms. The third kappa shape index (κ3) is 10.3. The van der Waals surface area contributed by atoms with Crippen molar-refractivity contribution in [2.45, 2.75) is 12.5 Å². The minimum atomic E-state index is -1.16. The van der Waals surface area contributed by atoms with E-state index in [1.165, 1.54) is 29.2 Å². The lowest BCUT2D eigenvalue weighted by Gasteiger charge is -2.26. The van der Waals surface area contributed by atoms with Gasteiger partial charge in [0.25, 0.3) is 5.91 Å². The summed E-state index contributed by atoms with van der Waals surface area (Å²) in [7, 11) is 0. The van der Waals surface area contributed by atoms with Crippen molar-refractivity contribution in [3.05, 3.63) is 86.7 Å². The first-order chi connectivity index (χ1) is 24.1. The van der Waals surface area contributed by atoms with Gasteiger partial charge in [0.1, 0.15) is 29.4 Å². The molecule has 11 nitrogen and oxygen atoms in total. The second-order valence-electron chi connectivity index (χ2n) is 11.3. The highest BCUT2D eigenvalue weighted by molar-refractivity contribution is 8.26. The Morgan fingerprint density at radius 2 is 1.80 bits per heavy atom. The summed E-state index contributed by atoms with van der Waals surface area (Å²) in [5.41, 5.74) is 3.01. The summed E-state index contributed by atoms with van der Waals surface area (Å²) in [6.45, 7) is 3.60. The minimum absolute atomic E-state index is 0.0134. The van der Waals surface area contributed by atoms with Gasteiger partial charge in [0.15, 0.2) is 0 Å². The molecule has 2 aliphatic heterocycles. The summed E-state index contributed by atoms with van der Waals surface area (Å²) >= 11 is 19.2. The summed E-state index contributed by atoms with van der Waals surface area (Å²) in [6, 6.07) is 17.0. The summed E-state index contributed by atoms with van der Waals surface area (Å²) < 4.78 is 16.9. The predicted molar refractivity (Wildman–Crippen MR) is 198 cm³/mol. The summed E-state index contributed by atoms with van der Waals surface area (Å²) in [5, 5.41) is 21.8. The molecule has 264 valence electrons. The average molecular weight is 761 g/mol. The van der Waals surface area contributed by atoms with Crippen molar-refractivity contribution in [2.24, 2.45) is 0 Å². The maximum atomic E-state index is 13.4. The molecule has 2 fully saturated rings. The number of thioether (sulfide) groups is 1. The molecule has 50 heavy (non-hydrogen) atoms. The Morgan fingerprint density at radius 3 is 2.52 bits per heavy atom. The number of anilines is 1. The standard InChI is InChI=1S/C35H35Cl2N3O8S2/c36-28-7-4-24(19-29(28)37)27-17-22(1-8-30(27)47-16-13-39-11-14-46-15-12-39)18-31-33(44)40(35(49)50-31)10-9-32(43)38-25-5-2-23(3-6-25)34(45)48-21-26(42)20-41/h1-8,17-19,26,41-42H,9-16,20-21H2,(H,38,43)/b31-18-. The van der Waals surface area contributed by atoms with E-state index in [4.69, 9.17) is 54.7 Å². The van der Waals surface area contributed by atoms with E-state index in [9.17, 15) is 19.5 Å². The second-order valence-corrected chi connectivity index (χ2v) is 13.8. The van der Waals surface area contributed by atoms with Crippen LogP contribution in [-0.2, 0) is 19.1 Å². The van der Waals surface area contributed by atoms with Gasteiger partial charge in [-0.1, -0.05) is 59.3 Å². The van der Waals surface area contributed by atoms with Gasteiger partial charge >= 0.3 is 5.97 Å². The van der Waals surface area contributed by atoms with Crippen LogP contribution in [-0.4, -0.2) is 107 Å². The Kier molecular flexibility index (Phi) is 13.7. The van der Waals surface area contributed by atoms with Gasteiger partial charge in [-0.25, -0.2) is 4.79 Å². The number of aliphatic hydroxyl groups excluding tert-OH is 2. The van der Waals surface area contributed by atoms with Crippen LogP contribution in [0.4, 0.5) is 5.69 Å². The molecule has 3 aromatic carbocycles. The number of aliphatic hydroxyl groups is 2. The monoisotopic (exact) mass is 759 g/mol. The molecule has 2 heterocycles. The maximum Gasteiger partial charge on any atom is 0.338 e. The Balaban J connectivity index is 1.21. The zero-order valence-electron chi connectivity index (χ0n) is 26.8. The van der Waals surface area contributed by atoms with Crippen LogP contribution in [0.2, 0.25) is 10.0 Å². The van der Waals surface area contributed by atoms with Gasteiger partial charge in [-0.15, -0.1) is 0 Å². The summed E-state index contributed by atoms with van der Waals surface area (Å²) in [5.74, 6) is -0.657. The van der Waals surface area contributed by atoms with E-state index in [1.54, 1.807) is 18.2 Å². The second kappa shape index (κ2) is 18.1. The quantitative estimate of drug-likeness (QED) is 0.115. The molecule has 2 aliphatic rings. The average Bonchev–Trinajstić information content (AvgIpc) is 3.39. The molecule has 0 radical (unpaired) electrons. The number of nitrogens with one attached hydrogen (secondary N) is 1. The van der Waals surface area contributed by atoms with Crippen LogP contribution >= 0.6 is 47.2 Å². The van der Waals surface area contributed by atoms with Gasteiger partial charge in [-0.05, 0) is 65.7 Å². The fraction of sp³-hybridized carbons (Fsp3) is 0.314. The Hall–Kier alpha value is -3.53. The summed E-state index contributed by atoms with van der Waals surface area (Å²) in [4.78, 5) is 42.3. The first kappa shape index (κ1) is 37.7. The zero-order valence-corrected chi connectivity index (χ0v) is 30.0. The first-order valence-electron chi connectivity index (χ1n) is 15.7. The van der Waals surface area contributed by atoms with Crippen LogP contribution in [0, 0.1) is 0 Å². The van der Waals surface area contributed by atoms with E-state index in [0.29, 0.717) is 50.5 Å². The molecular formula is C35H35Cl2N3O8S2. The molecule has 15 heteroatoms. The lowest BCUT2D eigenvalue weighted by Crippen LogP contribution is -2.38. The molecule has 0 aliphatic carbocycles. The zero-order chi connectivity index (χ0) is 35.6. The van der Waals surface area contributed by atoms with E-state index in [0.717, 1.165) is 48.1 Å². The number of halogens is 2. The van der Waals surface area contributed by atoms with Crippen molar-refractivity contribution in [1.82, 2.24) is 9.80 Å². The third-order valence-corrected chi connectivity index (χ3v) is 9.88. The molecule has 0 bridgehead atoms. The van der Waals surface area contributed by atoms with Crippen LogP contribution in [0.5, 0.6) is 5.75 Å². The predicted octanol–water partition coefficient (Wildman–Crippen LogP) is 5.11. The SMILES string of the molecule is O=C(CCN1C(=O)/C(=C/c2ccc(OCCN3CCOCC3)c(-c3ccc(Cl)c(Cl)c3)c2)SC1=S)Nc1ccc(C(=O)OCC(O)CO)cc1. The third-order valence-electron chi connectivity index (χ3n) is 7.76. The van der Waals surface area contributed by atoms with Crippen LogP contribution < -0.4 is 10.1 Å². The van der Waals surface area contributed by atoms with E-state index in [2.05, 4.69) is 10.2 Å². The first-order valence-corrected chi connectivity index (χ1v) is 17.7. The number of carbonyl (C=O) groups is 3. The number of morpholine rings is 1. The highest BCUT2D eigenvalue weighted by Gasteiger charge is 2.32. The van der Waals surface area contributed by atoms with Crippen molar-refractivity contribution in [3.63, 3.8) is 0 Å². The van der Waals surface area contributed by atoms with E-state index in [1.807, 2.05) is 24.3 Å². The number of rotatable bonds is 14. The molecule has 1 unspecified atom stereocenters. The van der Waals surface area contributed by atoms with Crippen molar-refractivity contribution in [3.8, 4) is 16.9 Å². The normalized spacial score (nSPS) is 16.5. The van der Waals surface area contributed by atoms with Gasteiger partial charge in [-0.3, -0.25) is 19.4 Å². The fourth-order valence-electron chi connectivity index (χ4n) is 5.04. The van der Waals surface area contributed by atoms with Gasteiger partial charge in [-0.2, -0.15) is 0 Å². The van der Waals surface area contributed by atoms with Crippen molar-refractivity contribution in [1.29, 1.82) is 0 Å². The molecule has 1 atom stereocenters. The summed E-state index contributed by atoms with van der Waals surface area (Å²) in [6.07, 6.45) is 0.587. The van der Waals surface area contributed by atoms with Crippen molar-refractivity contribution < 1.29 is 38.8 Å². The largest absolute Gasteiger partial charge is 0.492 e. The maximum absolute atomic E-state index is 13.4. The molecule has 5 rings (SSSR count). The van der Waals surface area contributed by atoms with E-state index < -0.39 is 18.7 Å². The Morgan fingerprint density at radius 1 is 1.04 bits per heavy atom. The van der Waals surface area contributed by atoms with E-state index in [-0.39, 0.29) is 37.0 Å². The molecule has 3 N–H and O–H groups in total. The van der Waals surface area contributed by atoms with Crippen molar-refractivity contribution in [2.75, 3.05) is 64.5 Å². The van der Waals surface area contributed by atoms with Gasteiger partial charge in [0, 0.05) is 43.9 Å². The Bertz CT molecular complexity index is 1750. The van der Waals surface area contributed by atoms with Crippen LogP contribution in [0.3, 0.4) is 0 Å². The molecule has 3 aromatic rings. The number of esters is 1. The molecule has 2 amide bonds. The molecule has 2 saturated heterocycles. The van der Waals surface area contributed by atoms with Gasteiger partial charge < -0.3 is 29.7 Å². The lowest BCUT2D eigenvalue weighted by atomic mass is 10.0. The number of amides is 2. The highest BCUT2D eigenvalue weighted by atomic mass is 35.5. The lowest BCUT2D eigenvalue weighted by molar-refractivity contribution is -0.122. The highest BCUT2D eigenvalue weighted by Crippen LogP contribution is 2.37. The van der Waals surface area contributed by atoms with E-state index >= 15 is 0 Å². The van der Waals surface area contributed by atoms with Crippen molar-refractivity contribution >= 4 is 81.0 Å². The van der Waals surface area contributed by atoms with Gasteiger partial charge in [0.05, 0.1) is 40.3 Å². The number of hydrogen-bond acceptors (Lipinski definition) is 11.